The van der Waals surface area contributed by atoms with Crippen molar-refractivity contribution in [2.45, 2.75) is 18.3 Å². The maximum Gasteiger partial charge on any atom is 0.239 e. The molecule has 0 saturated carbocycles. The largest absolute Gasteiger partial charge is 0.489 e. The summed E-state index contributed by atoms with van der Waals surface area (Å²) in [5.41, 5.74) is 2.03. The van der Waals surface area contributed by atoms with Gasteiger partial charge in [-0.05, 0) is 41.8 Å². The number of ether oxygens (including phenoxy) is 1. The standard InChI is InChI=1S/C20H19N3O2S/c1-2-6-18-19(24)22-20(26-18)23-21-13-15-9-11-17(12-10-15)25-14-16-7-4-3-5-8-16/h2-5,7-13,18H,1,6,14H2,(H,22,23,24)/b21-13+/t18-/m1/s1. The van der Waals surface area contributed by atoms with Crippen LogP contribution in [0.3, 0.4) is 0 Å². The van der Waals surface area contributed by atoms with Gasteiger partial charge in [0.05, 0.1) is 11.5 Å². The van der Waals surface area contributed by atoms with Crippen molar-refractivity contribution in [2.24, 2.45) is 10.2 Å². The molecule has 1 fully saturated rings. The number of allylic oxidation sites excluding steroid dienone is 1. The number of thioether (sulfide) groups is 1. The predicted molar refractivity (Wildman–Crippen MR) is 107 cm³/mol. The summed E-state index contributed by atoms with van der Waals surface area (Å²) in [6, 6.07) is 17.6. The fourth-order valence-electron chi connectivity index (χ4n) is 2.30. The van der Waals surface area contributed by atoms with E-state index in [1.165, 1.54) is 11.8 Å². The Labute approximate surface area is 156 Å². The molecule has 26 heavy (non-hydrogen) atoms. The van der Waals surface area contributed by atoms with Crippen molar-refractivity contribution in [3.8, 4) is 5.75 Å². The molecule has 5 nitrogen and oxygen atoms in total. The van der Waals surface area contributed by atoms with Crippen molar-refractivity contribution in [2.75, 3.05) is 0 Å². The summed E-state index contributed by atoms with van der Waals surface area (Å²) in [5, 5.41) is 11.1. The monoisotopic (exact) mass is 365 g/mol. The maximum absolute atomic E-state index is 11.7. The number of hydrogen-bond donors (Lipinski definition) is 1. The Hall–Kier alpha value is -2.86. The minimum atomic E-state index is -0.164. The Balaban J connectivity index is 1.52. The fraction of sp³-hybridized carbons (Fsp3) is 0.150. The zero-order valence-corrected chi connectivity index (χ0v) is 15.0. The number of hydrogen-bond acceptors (Lipinski definition) is 5. The van der Waals surface area contributed by atoms with Crippen LogP contribution < -0.4 is 10.1 Å². The first-order valence-electron chi connectivity index (χ1n) is 8.21. The van der Waals surface area contributed by atoms with Gasteiger partial charge in [-0.2, -0.15) is 5.10 Å². The highest BCUT2D eigenvalue weighted by molar-refractivity contribution is 8.15. The van der Waals surface area contributed by atoms with E-state index in [4.69, 9.17) is 4.74 Å². The van der Waals surface area contributed by atoms with Gasteiger partial charge in [0.25, 0.3) is 0 Å². The molecular formula is C20H19N3O2S. The first kappa shape index (κ1) is 17.9. The molecule has 1 atom stereocenters. The summed E-state index contributed by atoms with van der Waals surface area (Å²) in [5.74, 6) is 0.743. The zero-order chi connectivity index (χ0) is 18.2. The highest BCUT2D eigenvalue weighted by Crippen LogP contribution is 2.22. The van der Waals surface area contributed by atoms with Crippen molar-refractivity contribution in [1.29, 1.82) is 0 Å². The lowest BCUT2D eigenvalue weighted by Gasteiger charge is -2.06. The Morgan fingerprint density at radius 3 is 2.65 bits per heavy atom. The predicted octanol–water partition coefficient (Wildman–Crippen LogP) is 3.76. The molecule has 2 aromatic carbocycles. The highest BCUT2D eigenvalue weighted by Gasteiger charge is 2.28. The van der Waals surface area contributed by atoms with Crippen LogP contribution >= 0.6 is 11.8 Å². The van der Waals surface area contributed by atoms with Gasteiger partial charge < -0.3 is 10.1 Å². The number of amides is 1. The second-order valence-corrected chi connectivity index (χ2v) is 6.80. The van der Waals surface area contributed by atoms with Gasteiger partial charge in [0.2, 0.25) is 5.91 Å². The number of carbonyl (C=O) groups excluding carboxylic acids is 1. The molecule has 1 aliphatic heterocycles. The van der Waals surface area contributed by atoms with Gasteiger partial charge in [-0.25, -0.2) is 0 Å². The molecule has 132 valence electrons. The summed E-state index contributed by atoms with van der Waals surface area (Å²) >= 11 is 1.37. The first-order valence-corrected chi connectivity index (χ1v) is 9.09. The van der Waals surface area contributed by atoms with Crippen LogP contribution in [0.15, 0.2) is 77.5 Å². The van der Waals surface area contributed by atoms with E-state index < -0.39 is 0 Å². The molecule has 3 rings (SSSR count). The molecule has 1 heterocycles. The minimum Gasteiger partial charge on any atom is -0.489 e. The van der Waals surface area contributed by atoms with Crippen LogP contribution in [0.25, 0.3) is 0 Å². The third-order valence-electron chi connectivity index (χ3n) is 3.64. The molecule has 1 aliphatic rings. The molecule has 0 unspecified atom stereocenters. The van der Waals surface area contributed by atoms with Gasteiger partial charge in [0, 0.05) is 0 Å². The third-order valence-corrected chi connectivity index (χ3v) is 4.74. The number of rotatable bonds is 7. The van der Waals surface area contributed by atoms with Gasteiger partial charge in [-0.3, -0.25) is 4.79 Å². The molecule has 0 aliphatic carbocycles. The molecular weight excluding hydrogens is 346 g/mol. The van der Waals surface area contributed by atoms with Crippen molar-refractivity contribution >= 4 is 29.1 Å². The molecule has 0 bridgehead atoms. The lowest BCUT2D eigenvalue weighted by molar-refractivity contribution is -0.118. The van der Waals surface area contributed by atoms with Crippen LogP contribution in [0.2, 0.25) is 0 Å². The topological polar surface area (TPSA) is 63.1 Å². The molecule has 0 radical (unpaired) electrons. The van der Waals surface area contributed by atoms with Crippen LogP contribution in [0, 0.1) is 0 Å². The summed E-state index contributed by atoms with van der Waals surface area (Å²) in [6.07, 6.45) is 3.98. The summed E-state index contributed by atoms with van der Waals surface area (Å²) in [6.45, 7) is 4.18. The zero-order valence-electron chi connectivity index (χ0n) is 14.2. The van der Waals surface area contributed by atoms with Crippen molar-refractivity contribution in [3.05, 3.63) is 78.4 Å². The third kappa shape index (κ3) is 5.07. The normalized spacial score (nSPS) is 18.2. The van der Waals surface area contributed by atoms with Gasteiger partial charge in [0.15, 0.2) is 5.17 Å². The number of nitrogens with one attached hydrogen (secondary N) is 1. The van der Waals surface area contributed by atoms with E-state index in [2.05, 4.69) is 22.1 Å². The fourth-order valence-corrected chi connectivity index (χ4v) is 3.22. The van der Waals surface area contributed by atoms with Gasteiger partial charge in [0.1, 0.15) is 12.4 Å². The Kier molecular flexibility index (Phi) is 6.22. The maximum atomic E-state index is 11.7. The second-order valence-electron chi connectivity index (χ2n) is 5.61. The molecule has 1 saturated heterocycles. The van der Waals surface area contributed by atoms with Crippen LogP contribution in [0.4, 0.5) is 0 Å². The molecule has 1 N–H and O–H groups in total. The van der Waals surface area contributed by atoms with E-state index in [9.17, 15) is 4.79 Å². The average molecular weight is 365 g/mol. The molecule has 6 heteroatoms. The first-order chi connectivity index (χ1) is 12.7. The van der Waals surface area contributed by atoms with Gasteiger partial charge in [-0.15, -0.1) is 11.7 Å². The summed E-state index contributed by atoms with van der Waals surface area (Å²) in [4.78, 5) is 11.7. The lowest BCUT2D eigenvalue weighted by atomic mass is 10.2. The van der Waals surface area contributed by atoms with Crippen LogP contribution in [-0.2, 0) is 11.4 Å². The SMILES string of the molecule is C=CC[C@H]1S/C(=N\N=C\c2ccc(OCc3ccccc3)cc2)NC1=O. The molecule has 0 spiro atoms. The van der Waals surface area contributed by atoms with Crippen LogP contribution in [0.1, 0.15) is 17.5 Å². The summed E-state index contributed by atoms with van der Waals surface area (Å²) < 4.78 is 5.75. The van der Waals surface area contributed by atoms with Crippen molar-refractivity contribution in [3.63, 3.8) is 0 Å². The average Bonchev–Trinajstić information content (AvgIpc) is 3.02. The Bertz CT molecular complexity index is 817. The van der Waals surface area contributed by atoms with Crippen molar-refractivity contribution < 1.29 is 9.53 Å². The lowest BCUT2D eigenvalue weighted by Crippen LogP contribution is -2.24. The second kappa shape index (κ2) is 9.01. The molecule has 1 amide bonds. The highest BCUT2D eigenvalue weighted by atomic mass is 32.2. The smallest absolute Gasteiger partial charge is 0.239 e. The molecule has 2 aromatic rings. The van der Waals surface area contributed by atoms with E-state index in [1.807, 2.05) is 54.6 Å². The van der Waals surface area contributed by atoms with Crippen molar-refractivity contribution in [1.82, 2.24) is 5.32 Å². The van der Waals surface area contributed by atoms with E-state index in [-0.39, 0.29) is 11.2 Å². The summed E-state index contributed by atoms with van der Waals surface area (Å²) in [7, 11) is 0. The quantitative estimate of drug-likeness (QED) is 0.462. The number of carbonyl (C=O) groups is 1. The Morgan fingerprint density at radius 1 is 1.15 bits per heavy atom. The van der Waals surface area contributed by atoms with E-state index >= 15 is 0 Å². The number of benzene rings is 2. The van der Waals surface area contributed by atoms with Crippen LogP contribution in [0.5, 0.6) is 5.75 Å². The van der Waals surface area contributed by atoms with E-state index in [1.54, 1.807) is 12.3 Å². The van der Waals surface area contributed by atoms with Gasteiger partial charge >= 0.3 is 0 Å². The van der Waals surface area contributed by atoms with E-state index in [0.29, 0.717) is 18.2 Å². The van der Waals surface area contributed by atoms with E-state index in [0.717, 1.165) is 16.9 Å². The Morgan fingerprint density at radius 2 is 1.92 bits per heavy atom. The van der Waals surface area contributed by atoms with Crippen LogP contribution in [-0.4, -0.2) is 22.5 Å². The number of amidine groups is 1. The van der Waals surface area contributed by atoms with Gasteiger partial charge in [-0.1, -0.05) is 48.2 Å². The number of nitrogens with zero attached hydrogens (tertiary/aromatic N) is 2. The minimum absolute atomic E-state index is 0.0521. The molecule has 0 aromatic heterocycles.